The lowest BCUT2D eigenvalue weighted by molar-refractivity contribution is 0.461. The van der Waals surface area contributed by atoms with Crippen LogP contribution < -0.4 is 0 Å². The average molecular weight is 207 g/mol. The Balaban J connectivity index is 3.14. The highest BCUT2D eigenvalue weighted by Gasteiger charge is 2.15. The third kappa shape index (κ3) is 2.43. The Labute approximate surface area is 88.6 Å². The summed E-state index contributed by atoms with van der Waals surface area (Å²) in [6.07, 6.45) is 0. The van der Waals surface area contributed by atoms with Gasteiger partial charge < -0.3 is 5.11 Å². The molecule has 0 aromatic heterocycles. The van der Waals surface area contributed by atoms with Gasteiger partial charge in [-0.3, -0.25) is 0 Å². The Morgan fingerprint density at radius 1 is 1.36 bits per heavy atom. The highest BCUT2D eigenvalue weighted by molar-refractivity contribution is 8.03. The van der Waals surface area contributed by atoms with Gasteiger partial charge in [-0.1, -0.05) is 26.8 Å². The molecule has 3 heteroatoms. The van der Waals surface area contributed by atoms with Gasteiger partial charge in [-0.05, 0) is 34.9 Å². The third-order valence-corrected chi connectivity index (χ3v) is 2.62. The number of hydrogen-bond acceptors (Lipinski definition) is 3. The molecule has 1 aromatic carbocycles. The molecule has 0 heterocycles. The molecule has 0 amide bonds. The van der Waals surface area contributed by atoms with Crippen molar-refractivity contribution in [3.05, 3.63) is 23.8 Å². The van der Waals surface area contributed by atoms with E-state index in [9.17, 15) is 5.11 Å². The van der Waals surface area contributed by atoms with Gasteiger partial charge in [0.05, 0.1) is 4.90 Å². The molecule has 1 N–H and O–H groups in total. The van der Waals surface area contributed by atoms with Gasteiger partial charge in [-0.15, -0.1) is 0 Å². The largest absolute Gasteiger partial charge is 0.507 e. The number of nitrogens with zero attached hydrogens (tertiary/aromatic N) is 1. The fourth-order valence-electron chi connectivity index (χ4n) is 1.11. The molecule has 1 rings (SSSR count). The van der Waals surface area contributed by atoms with Crippen LogP contribution in [-0.2, 0) is 5.41 Å². The standard InChI is InChI=1S/C11H13NOS/c1-11(2,3)8-4-5-9(13)10(6-8)14-7-12/h4-6,13H,1-3H3. The van der Waals surface area contributed by atoms with Gasteiger partial charge in [0.15, 0.2) is 0 Å². The molecular formula is C11H13NOS. The number of phenolic OH excluding ortho intramolecular Hbond substituents is 1. The maximum absolute atomic E-state index is 9.46. The van der Waals surface area contributed by atoms with Gasteiger partial charge in [-0.25, -0.2) is 0 Å². The zero-order valence-electron chi connectivity index (χ0n) is 8.53. The smallest absolute Gasteiger partial charge is 0.138 e. The van der Waals surface area contributed by atoms with Crippen LogP contribution in [0.3, 0.4) is 0 Å². The maximum atomic E-state index is 9.46. The summed E-state index contributed by atoms with van der Waals surface area (Å²) in [4.78, 5) is 0.625. The van der Waals surface area contributed by atoms with E-state index in [0.29, 0.717) is 4.90 Å². The third-order valence-electron chi connectivity index (χ3n) is 1.98. The molecular weight excluding hydrogens is 194 g/mol. The molecule has 0 unspecified atom stereocenters. The second-order valence-corrected chi connectivity index (χ2v) is 4.95. The first kappa shape index (κ1) is 10.9. The monoisotopic (exact) mass is 207 g/mol. The van der Waals surface area contributed by atoms with Crippen LogP contribution in [-0.4, -0.2) is 5.11 Å². The van der Waals surface area contributed by atoms with Crippen LogP contribution in [0.5, 0.6) is 5.75 Å². The average Bonchev–Trinajstić information content (AvgIpc) is 2.07. The van der Waals surface area contributed by atoms with E-state index in [1.165, 1.54) is 0 Å². The van der Waals surface area contributed by atoms with Gasteiger partial charge in [0.25, 0.3) is 0 Å². The first-order valence-corrected chi connectivity index (χ1v) is 5.16. The number of aromatic hydroxyl groups is 1. The Morgan fingerprint density at radius 2 is 2.00 bits per heavy atom. The highest BCUT2D eigenvalue weighted by atomic mass is 32.2. The van der Waals surface area contributed by atoms with Crippen LogP contribution in [0.15, 0.2) is 23.1 Å². The van der Waals surface area contributed by atoms with Crippen molar-refractivity contribution in [1.82, 2.24) is 0 Å². The Bertz CT molecular complexity index is 374. The predicted molar refractivity (Wildman–Crippen MR) is 58.3 cm³/mol. The summed E-state index contributed by atoms with van der Waals surface area (Å²) < 4.78 is 0. The summed E-state index contributed by atoms with van der Waals surface area (Å²) in [7, 11) is 0. The summed E-state index contributed by atoms with van der Waals surface area (Å²) in [6.45, 7) is 6.29. The molecule has 0 aliphatic carbocycles. The summed E-state index contributed by atoms with van der Waals surface area (Å²) in [6, 6.07) is 5.39. The van der Waals surface area contributed by atoms with Crippen molar-refractivity contribution in [1.29, 1.82) is 5.26 Å². The van der Waals surface area contributed by atoms with Crippen LogP contribution in [0.4, 0.5) is 0 Å². The zero-order valence-corrected chi connectivity index (χ0v) is 9.35. The molecule has 0 spiro atoms. The van der Waals surface area contributed by atoms with E-state index in [-0.39, 0.29) is 11.2 Å². The molecule has 0 bridgehead atoms. The molecule has 0 radical (unpaired) electrons. The molecule has 0 aliphatic heterocycles. The van der Waals surface area contributed by atoms with Crippen LogP contribution >= 0.6 is 11.8 Å². The van der Waals surface area contributed by atoms with Crippen molar-refractivity contribution in [3.63, 3.8) is 0 Å². The van der Waals surface area contributed by atoms with Crippen molar-refractivity contribution in [2.24, 2.45) is 0 Å². The normalized spacial score (nSPS) is 11.0. The van der Waals surface area contributed by atoms with Gasteiger partial charge in [0, 0.05) is 0 Å². The number of thiocyanates is 1. The molecule has 0 fully saturated rings. The SMILES string of the molecule is CC(C)(C)c1ccc(O)c(SC#N)c1. The van der Waals surface area contributed by atoms with Crippen molar-refractivity contribution in [2.45, 2.75) is 31.1 Å². The van der Waals surface area contributed by atoms with Gasteiger partial charge in [0.2, 0.25) is 0 Å². The lowest BCUT2D eigenvalue weighted by Crippen LogP contribution is -2.10. The second-order valence-electron chi connectivity index (χ2n) is 4.13. The molecule has 74 valence electrons. The van der Waals surface area contributed by atoms with Crippen molar-refractivity contribution in [3.8, 4) is 11.2 Å². The van der Waals surface area contributed by atoms with E-state index in [4.69, 9.17) is 5.26 Å². The molecule has 0 atom stereocenters. The predicted octanol–water partition coefficient (Wildman–Crippen LogP) is 3.26. The van der Waals surface area contributed by atoms with Crippen LogP contribution in [0.2, 0.25) is 0 Å². The van der Waals surface area contributed by atoms with Gasteiger partial charge in [0.1, 0.15) is 11.2 Å². The van der Waals surface area contributed by atoms with Crippen molar-refractivity contribution >= 4 is 11.8 Å². The molecule has 0 aliphatic rings. The quantitative estimate of drug-likeness (QED) is 0.568. The summed E-state index contributed by atoms with van der Waals surface area (Å²) in [5.74, 6) is 0.171. The maximum Gasteiger partial charge on any atom is 0.138 e. The number of phenols is 1. The van der Waals surface area contributed by atoms with Crippen molar-refractivity contribution in [2.75, 3.05) is 0 Å². The van der Waals surface area contributed by atoms with E-state index in [0.717, 1.165) is 17.3 Å². The van der Waals surface area contributed by atoms with E-state index in [1.807, 2.05) is 17.5 Å². The van der Waals surface area contributed by atoms with Crippen LogP contribution in [0.1, 0.15) is 26.3 Å². The number of thioether (sulfide) groups is 1. The highest BCUT2D eigenvalue weighted by Crippen LogP contribution is 2.32. The lowest BCUT2D eigenvalue weighted by atomic mass is 9.87. The topological polar surface area (TPSA) is 44.0 Å². The Kier molecular flexibility index (Phi) is 3.07. The second kappa shape index (κ2) is 3.93. The zero-order chi connectivity index (χ0) is 10.8. The van der Waals surface area contributed by atoms with E-state index >= 15 is 0 Å². The summed E-state index contributed by atoms with van der Waals surface area (Å²) >= 11 is 0.988. The Hall–Kier alpha value is -1.14. The minimum Gasteiger partial charge on any atom is -0.507 e. The minimum absolute atomic E-state index is 0.0401. The number of benzene rings is 1. The fraction of sp³-hybridized carbons (Fsp3) is 0.364. The molecule has 0 saturated carbocycles. The van der Waals surface area contributed by atoms with E-state index in [2.05, 4.69) is 20.8 Å². The van der Waals surface area contributed by atoms with Crippen molar-refractivity contribution < 1.29 is 5.11 Å². The van der Waals surface area contributed by atoms with Crippen LogP contribution in [0.25, 0.3) is 0 Å². The van der Waals surface area contributed by atoms with E-state index < -0.39 is 0 Å². The van der Waals surface area contributed by atoms with E-state index in [1.54, 1.807) is 6.07 Å². The summed E-state index contributed by atoms with van der Waals surface area (Å²) in [5, 5.41) is 20.0. The summed E-state index contributed by atoms with van der Waals surface area (Å²) in [5.41, 5.74) is 1.16. The first-order chi connectivity index (χ1) is 6.45. The molecule has 2 nitrogen and oxygen atoms in total. The fourth-order valence-corrected chi connectivity index (χ4v) is 1.57. The van der Waals surface area contributed by atoms with Gasteiger partial charge in [-0.2, -0.15) is 5.26 Å². The molecule has 0 saturated heterocycles. The van der Waals surface area contributed by atoms with Gasteiger partial charge >= 0.3 is 0 Å². The lowest BCUT2D eigenvalue weighted by Gasteiger charge is -2.19. The molecule has 14 heavy (non-hydrogen) atoms. The molecule has 1 aromatic rings. The number of rotatable bonds is 1. The number of hydrogen-bond donors (Lipinski definition) is 1. The van der Waals surface area contributed by atoms with Crippen LogP contribution in [0, 0.1) is 10.7 Å². The minimum atomic E-state index is 0.0401. The Morgan fingerprint density at radius 3 is 2.50 bits per heavy atom. The first-order valence-electron chi connectivity index (χ1n) is 4.34. The number of nitriles is 1.